The van der Waals surface area contributed by atoms with Crippen LogP contribution >= 0.6 is 23.2 Å². The number of nitrogens with zero attached hydrogens (tertiary/aromatic N) is 5. The Morgan fingerprint density at radius 3 is 2.35 bits per heavy atom. The molecule has 0 fully saturated rings. The van der Waals surface area contributed by atoms with Gasteiger partial charge < -0.3 is 15.9 Å². The predicted octanol–water partition coefficient (Wildman–Crippen LogP) is 1.07. The molecule has 92 valence electrons. The normalized spacial score (nSPS) is 13.9. The summed E-state index contributed by atoms with van der Waals surface area (Å²) in [6.45, 7) is -0.339. The Labute approximate surface area is 106 Å². The van der Waals surface area contributed by atoms with Gasteiger partial charge in [0.2, 0.25) is 5.95 Å². The van der Waals surface area contributed by atoms with Crippen LogP contribution in [0.1, 0.15) is 11.7 Å². The molecule has 0 saturated heterocycles. The molecule has 0 aliphatic rings. The number of anilines is 1. The maximum Gasteiger partial charge on any atom is 0.222 e. The molecule has 0 spiro atoms. The van der Waals surface area contributed by atoms with Gasteiger partial charge in [0.1, 0.15) is 16.4 Å². The summed E-state index contributed by atoms with van der Waals surface area (Å²) in [4.78, 5) is 9.63. The highest BCUT2D eigenvalue weighted by atomic mass is 35.5. The second-order valence-corrected chi connectivity index (χ2v) is 3.72. The third-order valence-electron chi connectivity index (χ3n) is 1.86. The van der Waals surface area contributed by atoms with Crippen molar-refractivity contribution in [3.63, 3.8) is 0 Å². The minimum absolute atomic E-state index is 0.0665. The fraction of sp³-hybridized carbons (Fsp3) is 0.429. The summed E-state index contributed by atoms with van der Waals surface area (Å²) in [6.07, 6.45) is -2.84. The first-order valence-electron chi connectivity index (χ1n) is 4.32. The number of hydrogen-bond acceptors (Lipinski definition) is 6. The standard InChI is InChI=1S/C7H8Cl2N6O2/c8-5-3(6(9)14-7(10)13-5)4(17)2(16)1-12-15-11/h2,4,16-17H,1H2,(H2,10,13,14). The first kappa shape index (κ1) is 13.8. The molecule has 1 heterocycles. The second kappa shape index (κ2) is 5.85. The molecular weight excluding hydrogens is 271 g/mol. The van der Waals surface area contributed by atoms with Gasteiger partial charge in [-0.05, 0) is 5.53 Å². The van der Waals surface area contributed by atoms with Crippen LogP contribution < -0.4 is 5.73 Å². The molecule has 1 aromatic rings. The lowest BCUT2D eigenvalue weighted by molar-refractivity contribution is 0.0241. The molecule has 10 heteroatoms. The number of rotatable bonds is 4. The Bertz CT molecular complexity index is 441. The van der Waals surface area contributed by atoms with Crippen molar-refractivity contribution >= 4 is 29.2 Å². The first-order valence-corrected chi connectivity index (χ1v) is 5.08. The zero-order valence-corrected chi connectivity index (χ0v) is 9.84. The second-order valence-electron chi connectivity index (χ2n) is 3.00. The quantitative estimate of drug-likeness (QED) is 0.327. The van der Waals surface area contributed by atoms with E-state index in [0.717, 1.165) is 0 Å². The van der Waals surface area contributed by atoms with Crippen molar-refractivity contribution < 1.29 is 10.2 Å². The average Bonchev–Trinajstić information content (AvgIpc) is 2.24. The number of nitrogens with two attached hydrogens (primary N) is 1. The predicted molar refractivity (Wildman–Crippen MR) is 61.4 cm³/mol. The third-order valence-corrected chi connectivity index (χ3v) is 2.44. The van der Waals surface area contributed by atoms with E-state index < -0.39 is 12.2 Å². The number of aliphatic hydroxyl groups excluding tert-OH is 2. The summed E-state index contributed by atoms with van der Waals surface area (Å²) in [7, 11) is 0. The molecule has 0 aliphatic carbocycles. The molecule has 0 aliphatic heterocycles. The minimum Gasteiger partial charge on any atom is -0.390 e. The van der Waals surface area contributed by atoms with Crippen LogP contribution in [0.3, 0.4) is 0 Å². The number of hydrogen-bond donors (Lipinski definition) is 3. The zero-order chi connectivity index (χ0) is 13.0. The van der Waals surface area contributed by atoms with Gasteiger partial charge in [-0.15, -0.1) is 0 Å². The van der Waals surface area contributed by atoms with Gasteiger partial charge in [-0.1, -0.05) is 28.3 Å². The van der Waals surface area contributed by atoms with Crippen LogP contribution in [-0.4, -0.2) is 32.8 Å². The Kier molecular flexibility index (Phi) is 4.73. The van der Waals surface area contributed by atoms with E-state index in [4.69, 9.17) is 34.5 Å². The van der Waals surface area contributed by atoms with Crippen LogP contribution in [-0.2, 0) is 0 Å². The van der Waals surface area contributed by atoms with Crippen molar-refractivity contribution in [2.45, 2.75) is 12.2 Å². The lowest BCUT2D eigenvalue weighted by Crippen LogP contribution is -2.22. The molecule has 2 unspecified atom stereocenters. The molecule has 0 aromatic carbocycles. The van der Waals surface area contributed by atoms with E-state index in [0.29, 0.717) is 0 Å². The molecule has 1 rings (SSSR count). The molecule has 1 aromatic heterocycles. The fourth-order valence-corrected chi connectivity index (χ4v) is 1.71. The number of nitrogen functional groups attached to an aromatic ring is 1. The largest absolute Gasteiger partial charge is 0.390 e. The van der Waals surface area contributed by atoms with Crippen LogP contribution in [0, 0.1) is 0 Å². The van der Waals surface area contributed by atoms with E-state index in [1.807, 2.05) is 0 Å². The van der Waals surface area contributed by atoms with Gasteiger partial charge in [0, 0.05) is 4.91 Å². The van der Waals surface area contributed by atoms with Crippen LogP contribution in [0.15, 0.2) is 5.11 Å². The third kappa shape index (κ3) is 3.32. The van der Waals surface area contributed by atoms with Gasteiger partial charge in [0.25, 0.3) is 0 Å². The van der Waals surface area contributed by atoms with Crippen molar-refractivity contribution in [3.05, 3.63) is 26.3 Å². The first-order chi connectivity index (χ1) is 7.97. The summed E-state index contributed by atoms with van der Waals surface area (Å²) in [5.41, 5.74) is 13.3. The highest BCUT2D eigenvalue weighted by Crippen LogP contribution is 2.30. The van der Waals surface area contributed by atoms with Crippen LogP contribution in [0.25, 0.3) is 10.4 Å². The molecule has 0 radical (unpaired) electrons. The molecule has 0 amide bonds. The summed E-state index contributed by atoms with van der Waals surface area (Å²) in [6, 6.07) is 0. The van der Waals surface area contributed by atoms with Crippen molar-refractivity contribution in [1.82, 2.24) is 9.97 Å². The Morgan fingerprint density at radius 2 is 1.88 bits per heavy atom. The Balaban J connectivity index is 3.03. The van der Waals surface area contributed by atoms with Gasteiger partial charge in [-0.2, -0.15) is 0 Å². The Morgan fingerprint density at radius 1 is 1.35 bits per heavy atom. The fourth-order valence-electron chi connectivity index (χ4n) is 1.09. The molecule has 2 atom stereocenters. The highest BCUT2D eigenvalue weighted by Gasteiger charge is 2.25. The van der Waals surface area contributed by atoms with E-state index in [1.165, 1.54) is 0 Å². The molecule has 0 bridgehead atoms. The SMILES string of the molecule is [N-]=[N+]=NCC(O)C(O)c1c(Cl)nc(N)nc1Cl. The summed E-state index contributed by atoms with van der Waals surface area (Å²) in [5, 5.41) is 22.0. The molecule has 17 heavy (non-hydrogen) atoms. The summed E-state index contributed by atoms with van der Waals surface area (Å²) >= 11 is 11.4. The number of aromatic nitrogens is 2. The zero-order valence-electron chi connectivity index (χ0n) is 8.33. The average molecular weight is 279 g/mol. The molecule has 4 N–H and O–H groups in total. The molecule has 0 saturated carbocycles. The van der Waals surface area contributed by atoms with Crippen molar-refractivity contribution in [2.75, 3.05) is 12.3 Å². The van der Waals surface area contributed by atoms with Gasteiger partial charge >= 0.3 is 0 Å². The molecular formula is C7H8Cl2N6O2. The van der Waals surface area contributed by atoms with Gasteiger partial charge in [-0.3, -0.25) is 0 Å². The number of azide groups is 1. The van der Waals surface area contributed by atoms with Gasteiger partial charge in [-0.25, -0.2) is 9.97 Å². The Hall–Kier alpha value is -1.31. The van der Waals surface area contributed by atoms with E-state index in [2.05, 4.69) is 20.0 Å². The lowest BCUT2D eigenvalue weighted by atomic mass is 10.1. The van der Waals surface area contributed by atoms with E-state index in [-0.39, 0.29) is 28.4 Å². The van der Waals surface area contributed by atoms with E-state index in [9.17, 15) is 10.2 Å². The van der Waals surface area contributed by atoms with E-state index in [1.54, 1.807) is 0 Å². The number of aliphatic hydroxyl groups is 2. The minimum atomic E-state index is -1.47. The topological polar surface area (TPSA) is 141 Å². The van der Waals surface area contributed by atoms with Crippen LogP contribution in [0.2, 0.25) is 10.3 Å². The molecule has 8 nitrogen and oxygen atoms in total. The van der Waals surface area contributed by atoms with Crippen LogP contribution in [0.5, 0.6) is 0 Å². The smallest absolute Gasteiger partial charge is 0.222 e. The monoisotopic (exact) mass is 278 g/mol. The summed E-state index contributed by atoms with van der Waals surface area (Å²) in [5.74, 6) is -0.152. The number of halogens is 2. The summed E-state index contributed by atoms with van der Waals surface area (Å²) < 4.78 is 0. The highest BCUT2D eigenvalue weighted by molar-refractivity contribution is 6.34. The van der Waals surface area contributed by atoms with Gasteiger partial charge in [0.05, 0.1) is 18.2 Å². The van der Waals surface area contributed by atoms with Crippen molar-refractivity contribution in [2.24, 2.45) is 5.11 Å². The lowest BCUT2D eigenvalue weighted by Gasteiger charge is -2.17. The van der Waals surface area contributed by atoms with E-state index >= 15 is 0 Å². The van der Waals surface area contributed by atoms with Crippen molar-refractivity contribution in [3.8, 4) is 0 Å². The van der Waals surface area contributed by atoms with Crippen molar-refractivity contribution in [1.29, 1.82) is 0 Å². The maximum atomic E-state index is 9.75. The maximum absolute atomic E-state index is 9.75. The van der Waals surface area contributed by atoms with Crippen LogP contribution in [0.4, 0.5) is 5.95 Å². The van der Waals surface area contributed by atoms with Gasteiger partial charge in [0.15, 0.2) is 0 Å².